The smallest absolute Gasteiger partial charge is 0.0651 e. The van der Waals surface area contributed by atoms with Crippen LogP contribution in [0.3, 0.4) is 0 Å². The Labute approximate surface area is 78.3 Å². The number of benzene rings is 1. The summed E-state index contributed by atoms with van der Waals surface area (Å²) in [6.07, 6.45) is 12.7. The highest BCUT2D eigenvalue weighted by Crippen LogP contribution is 2.34. The van der Waals surface area contributed by atoms with Crippen molar-refractivity contribution in [2.45, 2.75) is 5.92 Å². The zero-order valence-corrected chi connectivity index (χ0v) is 7.12. The molecule has 1 aliphatic rings. The average Bonchev–Trinajstić information content (AvgIpc) is 2.56. The van der Waals surface area contributed by atoms with Gasteiger partial charge in [0.2, 0.25) is 0 Å². The minimum absolute atomic E-state index is 0.0576. The van der Waals surface area contributed by atoms with E-state index in [1.807, 2.05) is 30.3 Å². The summed E-state index contributed by atoms with van der Waals surface area (Å²) in [6.45, 7) is 0. The largest absolute Gasteiger partial charge is 0.119 e. The zero-order chi connectivity index (χ0) is 9.26. The van der Waals surface area contributed by atoms with E-state index in [9.17, 15) is 0 Å². The van der Waals surface area contributed by atoms with Gasteiger partial charge in [-0.2, -0.15) is 0 Å². The first-order chi connectivity index (χ1) is 6.36. The van der Waals surface area contributed by atoms with Crippen LogP contribution in [0.15, 0.2) is 30.3 Å². The fourth-order valence-electron chi connectivity index (χ4n) is 1.62. The van der Waals surface area contributed by atoms with E-state index in [2.05, 4.69) is 11.8 Å². The standard InChI is InChI=1S/C13H8/c1-3-10-9-11(4-2)13-8-6-5-7-12(10)13/h1-2,5-10H. The fraction of sp³-hybridized carbons (Fsp3) is 0.0769. The van der Waals surface area contributed by atoms with E-state index in [1.165, 1.54) is 0 Å². The molecule has 2 rings (SSSR count). The second-order valence-corrected chi connectivity index (χ2v) is 2.96. The van der Waals surface area contributed by atoms with Gasteiger partial charge in [0.05, 0.1) is 5.92 Å². The van der Waals surface area contributed by atoms with Gasteiger partial charge in [-0.05, 0) is 17.2 Å². The molecular weight excluding hydrogens is 156 g/mol. The summed E-state index contributed by atoms with van der Waals surface area (Å²) in [5, 5.41) is 0. The third-order valence-electron chi connectivity index (χ3n) is 2.25. The summed E-state index contributed by atoms with van der Waals surface area (Å²) in [7, 11) is 0. The predicted octanol–water partition coefficient (Wildman–Crippen LogP) is 2.43. The predicted molar refractivity (Wildman–Crippen MR) is 54.8 cm³/mol. The van der Waals surface area contributed by atoms with Crippen LogP contribution in [-0.2, 0) is 0 Å². The fourth-order valence-corrected chi connectivity index (χ4v) is 1.62. The van der Waals surface area contributed by atoms with Gasteiger partial charge < -0.3 is 0 Å². The van der Waals surface area contributed by atoms with Gasteiger partial charge in [0, 0.05) is 5.57 Å². The molecule has 0 heterocycles. The summed E-state index contributed by atoms with van der Waals surface area (Å²) < 4.78 is 0. The first-order valence-electron chi connectivity index (χ1n) is 4.10. The van der Waals surface area contributed by atoms with E-state index in [4.69, 9.17) is 12.8 Å². The molecular formula is C13H8. The van der Waals surface area contributed by atoms with Crippen LogP contribution in [0.25, 0.3) is 5.57 Å². The first-order valence-corrected chi connectivity index (χ1v) is 4.10. The number of hydrogen-bond donors (Lipinski definition) is 0. The molecule has 0 saturated carbocycles. The Kier molecular flexibility index (Phi) is 1.69. The van der Waals surface area contributed by atoms with Gasteiger partial charge in [0.15, 0.2) is 0 Å². The Balaban J connectivity index is 2.63. The minimum atomic E-state index is 0.0576. The molecule has 60 valence electrons. The molecule has 0 bridgehead atoms. The summed E-state index contributed by atoms with van der Waals surface area (Å²) in [5.41, 5.74) is 3.17. The average molecular weight is 164 g/mol. The number of terminal acetylenes is 2. The molecule has 13 heavy (non-hydrogen) atoms. The van der Waals surface area contributed by atoms with Crippen molar-refractivity contribution in [2.75, 3.05) is 0 Å². The number of hydrogen-bond acceptors (Lipinski definition) is 0. The Morgan fingerprint density at radius 3 is 2.62 bits per heavy atom. The van der Waals surface area contributed by atoms with Gasteiger partial charge in [-0.1, -0.05) is 36.1 Å². The van der Waals surface area contributed by atoms with Crippen LogP contribution in [0, 0.1) is 24.7 Å². The lowest BCUT2D eigenvalue weighted by molar-refractivity contribution is 1.16. The molecule has 0 fully saturated rings. The van der Waals surface area contributed by atoms with Gasteiger partial charge in [-0.15, -0.1) is 12.8 Å². The van der Waals surface area contributed by atoms with Crippen molar-refractivity contribution in [2.24, 2.45) is 0 Å². The molecule has 0 saturated heterocycles. The highest BCUT2D eigenvalue weighted by atomic mass is 14.2. The number of rotatable bonds is 0. The Morgan fingerprint density at radius 1 is 1.15 bits per heavy atom. The maximum Gasteiger partial charge on any atom is 0.0651 e. The van der Waals surface area contributed by atoms with Crippen LogP contribution in [0.4, 0.5) is 0 Å². The lowest BCUT2D eigenvalue weighted by Crippen LogP contribution is -1.87. The van der Waals surface area contributed by atoms with Crippen molar-refractivity contribution in [3.05, 3.63) is 41.5 Å². The summed E-state index contributed by atoms with van der Waals surface area (Å²) in [5.74, 6) is 5.42. The molecule has 1 aromatic carbocycles. The lowest BCUT2D eigenvalue weighted by atomic mass is 10.0. The first kappa shape index (κ1) is 7.71. The summed E-state index contributed by atoms with van der Waals surface area (Å²) in [6, 6.07) is 8.00. The molecule has 0 amide bonds. The minimum Gasteiger partial charge on any atom is -0.119 e. The maximum absolute atomic E-state index is 5.40. The molecule has 0 N–H and O–H groups in total. The molecule has 1 aliphatic carbocycles. The van der Waals surface area contributed by atoms with Gasteiger partial charge in [-0.3, -0.25) is 0 Å². The molecule has 0 aliphatic heterocycles. The van der Waals surface area contributed by atoms with Crippen LogP contribution < -0.4 is 0 Å². The van der Waals surface area contributed by atoms with Crippen LogP contribution in [0.5, 0.6) is 0 Å². The molecule has 0 spiro atoms. The second kappa shape index (κ2) is 2.85. The van der Waals surface area contributed by atoms with Crippen molar-refractivity contribution in [1.29, 1.82) is 0 Å². The van der Waals surface area contributed by atoms with Crippen LogP contribution in [0.1, 0.15) is 17.0 Å². The monoisotopic (exact) mass is 164 g/mol. The second-order valence-electron chi connectivity index (χ2n) is 2.96. The summed E-state index contributed by atoms with van der Waals surface area (Å²) in [4.78, 5) is 0. The zero-order valence-electron chi connectivity index (χ0n) is 7.12. The lowest BCUT2D eigenvalue weighted by Gasteiger charge is -2.01. The number of allylic oxidation sites excluding steroid dienone is 2. The van der Waals surface area contributed by atoms with Gasteiger partial charge in [-0.25, -0.2) is 0 Å². The topological polar surface area (TPSA) is 0 Å². The van der Waals surface area contributed by atoms with Crippen molar-refractivity contribution >= 4 is 5.57 Å². The molecule has 1 unspecified atom stereocenters. The van der Waals surface area contributed by atoms with Crippen molar-refractivity contribution in [1.82, 2.24) is 0 Å². The maximum atomic E-state index is 5.40. The quantitative estimate of drug-likeness (QED) is 0.516. The third-order valence-corrected chi connectivity index (χ3v) is 2.25. The van der Waals surface area contributed by atoms with E-state index in [1.54, 1.807) is 0 Å². The van der Waals surface area contributed by atoms with E-state index < -0.39 is 0 Å². The molecule has 0 heteroatoms. The summed E-state index contributed by atoms with van der Waals surface area (Å²) >= 11 is 0. The van der Waals surface area contributed by atoms with Gasteiger partial charge in [0.1, 0.15) is 0 Å². The molecule has 1 atom stereocenters. The number of fused-ring (bicyclic) bond motifs is 1. The van der Waals surface area contributed by atoms with Gasteiger partial charge >= 0.3 is 0 Å². The normalized spacial score (nSPS) is 18.3. The van der Waals surface area contributed by atoms with Gasteiger partial charge in [0.25, 0.3) is 0 Å². The van der Waals surface area contributed by atoms with E-state index in [-0.39, 0.29) is 5.92 Å². The molecule has 0 radical (unpaired) electrons. The van der Waals surface area contributed by atoms with Crippen LogP contribution >= 0.6 is 0 Å². The Hall–Kier alpha value is -1.92. The van der Waals surface area contributed by atoms with E-state index >= 15 is 0 Å². The molecule has 0 nitrogen and oxygen atoms in total. The van der Waals surface area contributed by atoms with Crippen molar-refractivity contribution < 1.29 is 0 Å². The highest BCUT2D eigenvalue weighted by Gasteiger charge is 2.19. The Morgan fingerprint density at radius 2 is 1.92 bits per heavy atom. The molecule has 0 aromatic heterocycles. The van der Waals surface area contributed by atoms with Crippen molar-refractivity contribution in [3.8, 4) is 24.7 Å². The molecule has 1 aromatic rings. The van der Waals surface area contributed by atoms with E-state index in [0.717, 1.165) is 16.7 Å². The Bertz CT molecular complexity index is 450. The van der Waals surface area contributed by atoms with Crippen LogP contribution in [0.2, 0.25) is 0 Å². The third kappa shape index (κ3) is 1.05. The van der Waals surface area contributed by atoms with E-state index in [0.29, 0.717) is 0 Å². The highest BCUT2D eigenvalue weighted by molar-refractivity contribution is 5.85. The van der Waals surface area contributed by atoms with Crippen molar-refractivity contribution in [3.63, 3.8) is 0 Å². The SMILES string of the molecule is C#CC1=CC(C#C)c2ccccc21. The van der Waals surface area contributed by atoms with Crippen LogP contribution in [-0.4, -0.2) is 0 Å².